The molecule has 0 amide bonds. The van der Waals surface area contributed by atoms with Gasteiger partial charge in [0, 0.05) is 22.1 Å². The number of aromatic nitrogens is 3. The molecule has 4 heteroatoms. The summed E-state index contributed by atoms with van der Waals surface area (Å²) >= 11 is 0. The Bertz CT molecular complexity index is 2590. The minimum Gasteiger partial charge on any atom is -0.237 e. The standard InChI is InChI=1S/C50H38N4/c1-51-45-30-37(49-53-47(35-13-6-3-7-14-35)52-48(54-49)36-21-19-34(20-22-36)33-11-4-2-5-12-33)23-24-41(45)43-17-10-16-42-40-15-8-9-18-44(40)50(46(42)43)38-26-31-25-32(28-38)29-39(50)27-31/h2-24,30-32,38-39H,25-29H2. The van der Waals surface area contributed by atoms with Crippen LogP contribution in [0.5, 0.6) is 0 Å². The first-order valence-corrected chi connectivity index (χ1v) is 19.4. The Balaban J connectivity index is 1.04. The Labute approximate surface area is 316 Å². The lowest BCUT2D eigenvalue weighted by molar-refractivity contribution is -0.0397. The van der Waals surface area contributed by atoms with E-state index in [-0.39, 0.29) is 5.41 Å². The molecule has 258 valence electrons. The van der Waals surface area contributed by atoms with Crippen LogP contribution < -0.4 is 0 Å². The predicted molar refractivity (Wildman–Crippen MR) is 217 cm³/mol. The second-order valence-corrected chi connectivity index (χ2v) is 15.9. The molecule has 1 spiro atoms. The Kier molecular flexibility index (Phi) is 7.07. The molecule has 1 heterocycles. The Morgan fingerprint density at radius 2 is 0.926 bits per heavy atom. The summed E-state index contributed by atoms with van der Waals surface area (Å²) in [6.45, 7) is 8.53. The van der Waals surface area contributed by atoms with Crippen molar-refractivity contribution < 1.29 is 0 Å². The molecule has 1 aromatic heterocycles. The number of benzene rings is 6. The third kappa shape index (κ3) is 4.71. The van der Waals surface area contributed by atoms with E-state index in [4.69, 9.17) is 21.5 Å². The summed E-state index contributed by atoms with van der Waals surface area (Å²) in [7, 11) is 0. The van der Waals surface area contributed by atoms with Crippen molar-refractivity contribution in [2.45, 2.75) is 37.5 Å². The van der Waals surface area contributed by atoms with Crippen molar-refractivity contribution >= 4 is 5.69 Å². The summed E-state index contributed by atoms with van der Waals surface area (Å²) in [6, 6.07) is 51.2. The Morgan fingerprint density at radius 3 is 1.57 bits per heavy atom. The first-order valence-electron chi connectivity index (χ1n) is 19.4. The first-order chi connectivity index (χ1) is 26.7. The molecular weight excluding hydrogens is 657 g/mol. The number of hydrogen-bond acceptors (Lipinski definition) is 3. The van der Waals surface area contributed by atoms with E-state index in [9.17, 15) is 0 Å². The second kappa shape index (κ2) is 12.2. The van der Waals surface area contributed by atoms with Crippen LogP contribution in [0.3, 0.4) is 0 Å². The lowest BCUT2D eigenvalue weighted by atomic mass is 9.42. The normalized spacial score (nSPS) is 22.9. The smallest absolute Gasteiger partial charge is 0.195 e. The van der Waals surface area contributed by atoms with Crippen molar-refractivity contribution in [3.63, 3.8) is 0 Å². The molecule has 7 aromatic rings. The molecule has 5 aliphatic rings. The summed E-state index contributed by atoms with van der Waals surface area (Å²) in [6.07, 6.45) is 6.72. The molecular formula is C50H38N4. The van der Waals surface area contributed by atoms with E-state index in [2.05, 4.69) is 108 Å². The van der Waals surface area contributed by atoms with Gasteiger partial charge in [-0.25, -0.2) is 19.8 Å². The molecule has 6 aromatic carbocycles. The van der Waals surface area contributed by atoms with E-state index in [1.165, 1.54) is 65.5 Å². The number of nitrogens with zero attached hydrogens (tertiary/aromatic N) is 4. The first kappa shape index (κ1) is 31.4. The summed E-state index contributed by atoms with van der Waals surface area (Å²) in [4.78, 5) is 19.3. The highest BCUT2D eigenvalue weighted by molar-refractivity contribution is 5.93. The van der Waals surface area contributed by atoms with Crippen LogP contribution in [-0.2, 0) is 5.41 Å². The van der Waals surface area contributed by atoms with Crippen LogP contribution in [-0.4, -0.2) is 15.0 Å². The van der Waals surface area contributed by atoms with E-state index >= 15 is 0 Å². The fourth-order valence-corrected chi connectivity index (χ4v) is 11.2. The van der Waals surface area contributed by atoms with Gasteiger partial charge in [0.25, 0.3) is 0 Å². The summed E-state index contributed by atoms with van der Waals surface area (Å²) in [5.74, 6) is 4.81. The van der Waals surface area contributed by atoms with Gasteiger partial charge in [-0.3, -0.25) is 0 Å². The van der Waals surface area contributed by atoms with Crippen molar-refractivity contribution in [3.05, 3.63) is 168 Å². The minimum absolute atomic E-state index is 0.0116. The molecule has 0 radical (unpaired) electrons. The second-order valence-electron chi connectivity index (χ2n) is 15.9. The average Bonchev–Trinajstić information content (AvgIpc) is 3.54. The molecule has 54 heavy (non-hydrogen) atoms. The van der Waals surface area contributed by atoms with Crippen LogP contribution in [0.15, 0.2) is 146 Å². The van der Waals surface area contributed by atoms with Crippen LogP contribution in [0.1, 0.15) is 43.2 Å². The number of hydrogen-bond donors (Lipinski definition) is 0. The number of rotatable bonds is 5. The monoisotopic (exact) mass is 694 g/mol. The molecule has 0 atom stereocenters. The van der Waals surface area contributed by atoms with Gasteiger partial charge in [0.05, 0.1) is 6.57 Å². The SMILES string of the molecule is [C-]#[N+]c1cc(-c2nc(-c3ccccc3)nc(-c3ccc(-c4ccccc4)cc3)n2)ccc1-c1cccc2c1C1(c3ccccc3-2)C2CC3CC(C2)CC1C3. The zero-order chi connectivity index (χ0) is 35.8. The van der Waals surface area contributed by atoms with Crippen LogP contribution in [0.25, 0.3) is 72.4 Å². The molecule has 0 unspecified atom stereocenters. The topological polar surface area (TPSA) is 43.0 Å². The zero-order valence-electron chi connectivity index (χ0n) is 30.0. The fraction of sp³-hybridized carbons (Fsp3) is 0.200. The van der Waals surface area contributed by atoms with Gasteiger partial charge in [-0.05, 0) is 106 Å². The van der Waals surface area contributed by atoms with Gasteiger partial charge in [-0.1, -0.05) is 140 Å². The van der Waals surface area contributed by atoms with Gasteiger partial charge in [0.15, 0.2) is 23.2 Å². The number of fused-ring (bicyclic) bond motifs is 3. The molecule has 4 nitrogen and oxygen atoms in total. The van der Waals surface area contributed by atoms with Crippen molar-refractivity contribution in [3.8, 4) is 67.5 Å². The van der Waals surface area contributed by atoms with Crippen molar-refractivity contribution in [1.29, 1.82) is 0 Å². The molecule has 12 rings (SSSR count). The Morgan fingerprint density at radius 1 is 0.444 bits per heavy atom. The average molecular weight is 695 g/mol. The van der Waals surface area contributed by atoms with Crippen molar-refractivity contribution in [1.82, 2.24) is 15.0 Å². The summed E-state index contributed by atoms with van der Waals surface area (Å²) in [5.41, 5.74) is 13.6. The van der Waals surface area contributed by atoms with Gasteiger partial charge in [-0.2, -0.15) is 0 Å². The fourth-order valence-electron chi connectivity index (χ4n) is 11.2. The highest BCUT2D eigenvalue weighted by Crippen LogP contribution is 2.70. The molecule has 4 saturated carbocycles. The van der Waals surface area contributed by atoms with E-state index < -0.39 is 0 Å². The van der Waals surface area contributed by atoms with E-state index in [0.717, 1.165) is 39.7 Å². The molecule has 0 N–H and O–H groups in total. The van der Waals surface area contributed by atoms with Crippen molar-refractivity contribution in [2.24, 2.45) is 23.7 Å². The zero-order valence-corrected chi connectivity index (χ0v) is 30.0. The lowest BCUT2D eigenvalue weighted by Gasteiger charge is -2.61. The van der Waals surface area contributed by atoms with Crippen LogP contribution in [0.4, 0.5) is 5.69 Å². The highest BCUT2D eigenvalue weighted by atomic mass is 15.0. The summed E-state index contributed by atoms with van der Waals surface area (Å²) < 4.78 is 0. The minimum atomic E-state index is 0.0116. The van der Waals surface area contributed by atoms with Gasteiger partial charge in [0.1, 0.15) is 0 Å². The molecule has 4 fully saturated rings. The maximum absolute atomic E-state index is 8.53. The van der Waals surface area contributed by atoms with E-state index in [1.54, 1.807) is 0 Å². The van der Waals surface area contributed by atoms with Crippen LogP contribution in [0, 0.1) is 30.2 Å². The molecule has 5 aliphatic carbocycles. The maximum atomic E-state index is 8.53. The van der Waals surface area contributed by atoms with Gasteiger partial charge >= 0.3 is 0 Å². The van der Waals surface area contributed by atoms with Crippen LogP contribution >= 0.6 is 0 Å². The molecule has 0 saturated heterocycles. The van der Waals surface area contributed by atoms with E-state index in [0.29, 0.717) is 35.0 Å². The predicted octanol–water partition coefficient (Wildman–Crippen LogP) is 12.5. The third-order valence-electron chi connectivity index (χ3n) is 13.2. The highest BCUT2D eigenvalue weighted by Gasteiger charge is 2.62. The molecule has 4 bridgehead atoms. The van der Waals surface area contributed by atoms with Gasteiger partial charge < -0.3 is 0 Å². The summed E-state index contributed by atoms with van der Waals surface area (Å²) in [5, 5.41) is 0. The maximum Gasteiger partial charge on any atom is 0.195 e. The Hall–Kier alpha value is -6.18. The van der Waals surface area contributed by atoms with E-state index in [1.807, 2.05) is 42.5 Å². The van der Waals surface area contributed by atoms with Crippen molar-refractivity contribution in [2.75, 3.05) is 0 Å². The largest absolute Gasteiger partial charge is 0.237 e. The van der Waals surface area contributed by atoms with Gasteiger partial charge in [0.2, 0.25) is 0 Å². The van der Waals surface area contributed by atoms with Crippen LogP contribution in [0.2, 0.25) is 0 Å². The lowest BCUT2D eigenvalue weighted by Crippen LogP contribution is -2.55. The van der Waals surface area contributed by atoms with Gasteiger partial charge in [-0.15, -0.1) is 0 Å². The molecule has 0 aliphatic heterocycles. The third-order valence-corrected chi connectivity index (χ3v) is 13.2. The quantitative estimate of drug-likeness (QED) is 0.168.